The molecular weight excluding hydrogens is 133 g/mol. The van der Waals surface area contributed by atoms with Crippen LogP contribution in [0.2, 0.25) is 0 Å². The summed E-state index contributed by atoms with van der Waals surface area (Å²) in [6.45, 7) is 2.02. The van der Waals surface area contributed by atoms with E-state index < -0.39 is 0 Å². The molecule has 0 fully saturated rings. The summed E-state index contributed by atoms with van der Waals surface area (Å²) >= 11 is 0. The summed E-state index contributed by atoms with van der Waals surface area (Å²) < 4.78 is 0. The van der Waals surface area contributed by atoms with E-state index in [4.69, 9.17) is 7.85 Å². The number of nitrogens with zero attached hydrogens (tertiary/aromatic N) is 1. The van der Waals surface area contributed by atoms with E-state index in [0.29, 0.717) is 0 Å². The molecule has 1 aliphatic heterocycles. The third kappa shape index (κ3) is 0.986. The smallest absolute Gasteiger partial charge is 0.114 e. The molecule has 52 valence electrons. The second-order valence-electron chi connectivity index (χ2n) is 2.85. The molecule has 0 spiro atoms. The topological polar surface area (TPSA) is 12.4 Å². The van der Waals surface area contributed by atoms with E-state index in [0.717, 1.165) is 23.1 Å². The Balaban J connectivity index is 2.63. The monoisotopic (exact) mass is 141 g/mol. The summed E-state index contributed by atoms with van der Waals surface area (Å²) in [5, 5.41) is 0. The minimum absolute atomic E-state index is 0.836. The molecule has 0 saturated carbocycles. The summed E-state index contributed by atoms with van der Waals surface area (Å²) in [5.41, 5.74) is 4.31. The molecule has 0 N–H and O–H groups in total. The van der Waals surface area contributed by atoms with Gasteiger partial charge in [-0.15, -0.1) is 0 Å². The van der Waals surface area contributed by atoms with Gasteiger partial charge < -0.3 is 0 Å². The van der Waals surface area contributed by atoms with E-state index in [1.54, 1.807) is 0 Å². The van der Waals surface area contributed by atoms with Crippen LogP contribution in [0.25, 0.3) is 0 Å². The maximum Gasteiger partial charge on any atom is 0.114 e. The Morgan fingerprint density at radius 3 is 3.09 bits per heavy atom. The van der Waals surface area contributed by atoms with Crippen LogP contribution < -0.4 is 5.46 Å². The van der Waals surface area contributed by atoms with Crippen molar-refractivity contribution in [2.45, 2.75) is 13.3 Å². The summed E-state index contributed by atoms with van der Waals surface area (Å²) in [6, 6.07) is 4.05. The fourth-order valence-corrected chi connectivity index (χ4v) is 1.30. The average molecular weight is 141 g/mol. The van der Waals surface area contributed by atoms with E-state index in [2.05, 4.69) is 11.1 Å². The highest BCUT2D eigenvalue weighted by atomic mass is 14.7. The number of rotatable bonds is 0. The van der Waals surface area contributed by atoms with Crippen molar-refractivity contribution < 1.29 is 0 Å². The first-order chi connectivity index (χ1) is 5.27. The molecule has 1 nitrogen and oxygen atoms in total. The third-order valence-corrected chi connectivity index (χ3v) is 2.01. The number of hydrogen-bond donors (Lipinski definition) is 0. The minimum atomic E-state index is 0.836. The molecule has 0 bridgehead atoms. The molecule has 0 unspecified atom stereocenters. The molecule has 0 saturated heterocycles. The Morgan fingerprint density at radius 1 is 1.45 bits per heavy atom. The molecule has 2 rings (SSSR count). The molecule has 0 aliphatic carbocycles. The largest absolute Gasteiger partial charge is 0.261 e. The molecule has 2 heteroatoms. The van der Waals surface area contributed by atoms with Gasteiger partial charge in [-0.05, 0) is 18.6 Å². The van der Waals surface area contributed by atoms with Gasteiger partial charge >= 0.3 is 0 Å². The number of aliphatic imine (C=N–C) groups is 1. The first-order valence-corrected chi connectivity index (χ1v) is 3.69. The quantitative estimate of drug-likeness (QED) is 0.478. The van der Waals surface area contributed by atoms with Crippen LogP contribution >= 0.6 is 0 Å². The highest BCUT2D eigenvalue weighted by Crippen LogP contribution is 2.22. The number of benzene rings is 1. The minimum Gasteiger partial charge on any atom is -0.261 e. The number of hydrogen-bond acceptors (Lipinski definition) is 1. The fourth-order valence-electron chi connectivity index (χ4n) is 1.30. The lowest BCUT2D eigenvalue weighted by atomic mass is 9.89. The number of aryl methyl sites for hydroxylation is 1. The lowest BCUT2D eigenvalue weighted by Crippen LogP contribution is -2.06. The first kappa shape index (κ1) is 6.65. The standard InChI is InChI=1S/C9H8BN/c1-6-4-7-2-3-11-9(7)5-8(6)10/h3-5H,2H2,1H3. The predicted molar refractivity (Wildman–Crippen MR) is 48.4 cm³/mol. The van der Waals surface area contributed by atoms with E-state index in [1.807, 2.05) is 19.2 Å². The molecule has 1 heterocycles. The summed E-state index contributed by atoms with van der Waals surface area (Å²) in [7, 11) is 5.72. The van der Waals surface area contributed by atoms with Gasteiger partial charge in [0.15, 0.2) is 0 Å². The van der Waals surface area contributed by atoms with Gasteiger partial charge in [-0.25, -0.2) is 0 Å². The van der Waals surface area contributed by atoms with E-state index in [-0.39, 0.29) is 0 Å². The lowest BCUT2D eigenvalue weighted by Gasteiger charge is -2.02. The lowest BCUT2D eigenvalue weighted by molar-refractivity contribution is 1.37. The van der Waals surface area contributed by atoms with Crippen molar-refractivity contribution in [2.24, 2.45) is 4.99 Å². The Hall–Kier alpha value is -1.05. The van der Waals surface area contributed by atoms with Gasteiger partial charge in [0.2, 0.25) is 0 Å². The van der Waals surface area contributed by atoms with E-state index in [1.165, 1.54) is 5.56 Å². The third-order valence-electron chi connectivity index (χ3n) is 2.01. The zero-order valence-electron chi connectivity index (χ0n) is 6.46. The highest BCUT2D eigenvalue weighted by Gasteiger charge is 2.06. The number of fused-ring (bicyclic) bond motifs is 1. The predicted octanol–water partition coefficient (Wildman–Crippen LogP) is 1.05. The van der Waals surface area contributed by atoms with Gasteiger partial charge in [0.25, 0.3) is 0 Å². The molecule has 1 aromatic carbocycles. The maximum atomic E-state index is 5.72. The Morgan fingerprint density at radius 2 is 2.27 bits per heavy atom. The molecule has 1 aromatic rings. The molecule has 0 atom stereocenters. The van der Waals surface area contributed by atoms with Crippen LogP contribution in [-0.4, -0.2) is 14.1 Å². The zero-order valence-corrected chi connectivity index (χ0v) is 6.46. The Bertz CT molecular complexity index is 329. The van der Waals surface area contributed by atoms with Crippen molar-refractivity contribution in [2.75, 3.05) is 0 Å². The molecule has 2 radical (unpaired) electrons. The Labute approximate surface area is 67.6 Å². The van der Waals surface area contributed by atoms with Gasteiger partial charge in [0.1, 0.15) is 7.85 Å². The fraction of sp³-hybridized carbons (Fsp3) is 0.222. The van der Waals surface area contributed by atoms with Crippen LogP contribution in [-0.2, 0) is 6.42 Å². The molecule has 1 aliphatic rings. The molecule has 0 amide bonds. The molecular formula is C9H8BN. The van der Waals surface area contributed by atoms with E-state index >= 15 is 0 Å². The summed E-state index contributed by atoms with van der Waals surface area (Å²) in [6.07, 6.45) is 2.88. The summed E-state index contributed by atoms with van der Waals surface area (Å²) in [4.78, 5) is 4.20. The van der Waals surface area contributed by atoms with Crippen molar-refractivity contribution in [1.82, 2.24) is 0 Å². The SMILES string of the molecule is [B]c1cc2c(cc1C)CC=N2. The van der Waals surface area contributed by atoms with Crippen LogP contribution in [0.3, 0.4) is 0 Å². The van der Waals surface area contributed by atoms with Gasteiger partial charge in [-0.3, -0.25) is 4.99 Å². The van der Waals surface area contributed by atoms with Crippen LogP contribution in [0.4, 0.5) is 5.69 Å². The van der Waals surface area contributed by atoms with Crippen LogP contribution in [0.5, 0.6) is 0 Å². The van der Waals surface area contributed by atoms with Crippen molar-refractivity contribution >= 4 is 25.2 Å². The highest BCUT2D eigenvalue weighted by molar-refractivity contribution is 6.33. The van der Waals surface area contributed by atoms with Crippen LogP contribution in [0.1, 0.15) is 11.1 Å². The normalized spacial score (nSPS) is 13.5. The van der Waals surface area contributed by atoms with Crippen molar-refractivity contribution in [1.29, 1.82) is 0 Å². The van der Waals surface area contributed by atoms with Gasteiger partial charge in [-0.1, -0.05) is 17.1 Å². The van der Waals surface area contributed by atoms with Crippen molar-refractivity contribution in [3.63, 3.8) is 0 Å². The van der Waals surface area contributed by atoms with Crippen LogP contribution in [0.15, 0.2) is 17.1 Å². The zero-order chi connectivity index (χ0) is 7.84. The second-order valence-corrected chi connectivity index (χ2v) is 2.85. The van der Waals surface area contributed by atoms with Crippen LogP contribution in [0, 0.1) is 6.92 Å². The average Bonchev–Trinajstić information content (AvgIpc) is 2.36. The van der Waals surface area contributed by atoms with Crippen molar-refractivity contribution in [3.8, 4) is 0 Å². The molecule has 0 aromatic heterocycles. The van der Waals surface area contributed by atoms with Crippen molar-refractivity contribution in [3.05, 3.63) is 23.3 Å². The van der Waals surface area contributed by atoms with E-state index in [9.17, 15) is 0 Å². The van der Waals surface area contributed by atoms with Gasteiger partial charge in [0.05, 0.1) is 5.69 Å². The second kappa shape index (κ2) is 2.23. The maximum absolute atomic E-state index is 5.72. The van der Waals surface area contributed by atoms with Gasteiger partial charge in [0, 0.05) is 12.6 Å². The Kier molecular flexibility index (Phi) is 1.35. The summed E-state index contributed by atoms with van der Waals surface area (Å²) in [5.74, 6) is 0. The van der Waals surface area contributed by atoms with Gasteiger partial charge in [-0.2, -0.15) is 0 Å². The molecule has 11 heavy (non-hydrogen) atoms. The first-order valence-electron chi connectivity index (χ1n) is 3.69.